The summed E-state index contributed by atoms with van der Waals surface area (Å²) < 4.78 is 30.2. The van der Waals surface area contributed by atoms with E-state index in [-0.39, 0.29) is 11.4 Å². The molecule has 0 aliphatic carbocycles. The third kappa shape index (κ3) is 4.23. The Morgan fingerprint density at radius 2 is 2.29 bits per heavy atom. The summed E-state index contributed by atoms with van der Waals surface area (Å²) in [5.41, 5.74) is 1.55. The largest absolute Gasteiger partial charge is 0.486 e. The minimum absolute atomic E-state index is 0.0542. The van der Waals surface area contributed by atoms with Crippen molar-refractivity contribution in [2.24, 2.45) is 0 Å². The van der Waals surface area contributed by atoms with Crippen LogP contribution in [0.25, 0.3) is 0 Å². The minimum Gasteiger partial charge on any atom is -0.486 e. The molecule has 0 saturated carbocycles. The third-order valence-electron chi connectivity index (χ3n) is 3.37. The molecule has 128 valence electrons. The first-order valence-corrected chi connectivity index (χ1v) is 7.93. The number of alkyl halides is 2. The maximum Gasteiger partial charge on any atom is 0.272 e. The summed E-state index contributed by atoms with van der Waals surface area (Å²) in [6, 6.07) is 4.65. The highest BCUT2D eigenvalue weighted by molar-refractivity contribution is 9.10. The van der Waals surface area contributed by atoms with Gasteiger partial charge in [0.25, 0.3) is 6.43 Å². The fourth-order valence-electron chi connectivity index (χ4n) is 2.37. The van der Waals surface area contributed by atoms with Gasteiger partial charge < -0.3 is 15.0 Å². The highest BCUT2D eigenvalue weighted by Gasteiger charge is 2.30. The second-order valence-electron chi connectivity index (χ2n) is 5.53. The fourth-order valence-corrected chi connectivity index (χ4v) is 2.83. The molecule has 0 aromatic heterocycles. The van der Waals surface area contributed by atoms with Crippen LogP contribution in [0.2, 0.25) is 0 Å². The van der Waals surface area contributed by atoms with Gasteiger partial charge in [-0.25, -0.2) is 8.78 Å². The van der Waals surface area contributed by atoms with Crippen LogP contribution < -0.4 is 10.1 Å². The molecule has 1 aliphatic heterocycles. The zero-order chi connectivity index (χ0) is 17.9. The predicted octanol–water partition coefficient (Wildman–Crippen LogP) is 2.97. The topological polar surface area (TPSA) is 65.4 Å². The lowest BCUT2D eigenvalue weighted by Crippen LogP contribution is -2.28. The zero-order valence-electron chi connectivity index (χ0n) is 13.1. The number of hydrogen-bond acceptors (Lipinski definition) is 5. The molecule has 0 spiro atoms. The molecule has 1 aromatic carbocycles. The van der Waals surface area contributed by atoms with Crippen molar-refractivity contribution < 1.29 is 18.3 Å². The Kier molecular flexibility index (Phi) is 5.78. The molecule has 1 aromatic rings. The number of hydrogen-bond donors (Lipinski definition) is 1. The molecule has 0 fully saturated rings. The van der Waals surface area contributed by atoms with Gasteiger partial charge in [0.1, 0.15) is 24.0 Å². The summed E-state index contributed by atoms with van der Waals surface area (Å²) in [5, 5.41) is 12.2. The average molecular weight is 400 g/mol. The second kappa shape index (κ2) is 7.62. The molecule has 1 N–H and O–H groups in total. The van der Waals surface area contributed by atoms with E-state index in [4.69, 9.17) is 10.00 Å². The normalized spacial score (nSPS) is 16.4. The fraction of sp³-hybridized carbons (Fsp3) is 0.375. The number of anilines is 1. The molecule has 24 heavy (non-hydrogen) atoms. The summed E-state index contributed by atoms with van der Waals surface area (Å²) in [5.74, 6) is -0.0122. The van der Waals surface area contributed by atoms with Crippen molar-refractivity contribution in [3.05, 3.63) is 33.9 Å². The van der Waals surface area contributed by atoms with Crippen LogP contribution in [0.5, 0.6) is 5.75 Å². The van der Waals surface area contributed by atoms with Crippen molar-refractivity contribution in [3.63, 3.8) is 0 Å². The lowest BCUT2D eigenvalue weighted by molar-refractivity contribution is -0.115. The summed E-state index contributed by atoms with van der Waals surface area (Å²) in [6.45, 7) is -0.697. The molecule has 0 bridgehead atoms. The number of benzene rings is 1. The standard InChI is InChI=1S/C16H16BrF2N3O2/c1-22(2)7-10(6-20)16(23)13-3-9-4-14(24-8-15(18)19)11(17)5-12(9)21-13/h4-5,7,13,15,21H,3,8H2,1-2H3/b10-7+. The number of carbonyl (C=O) groups is 1. The number of Topliss-reactive ketones (excluding diaryl/α,β-unsaturated/α-hetero) is 1. The highest BCUT2D eigenvalue weighted by Crippen LogP contribution is 2.36. The summed E-state index contributed by atoms with van der Waals surface area (Å²) in [7, 11) is 3.45. The molecule has 1 atom stereocenters. The number of rotatable bonds is 6. The van der Waals surface area contributed by atoms with E-state index in [0.717, 1.165) is 5.56 Å². The van der Waals surface area contributed by atoms with Crippen molar-refractivity contribution in [3.8, 4) is 11.8 Å². The highest BCUT2D eigenvalue weighted by atomic mass is 79.9. The van der Waals surface area contributed by atoms with E-state index >= 15 is 0 Å². The Bertz CT molecular complexity index is 714. The summed E-state index contributed by atoms with van der Waals surface area (Å²) in [4.78, 5) is 14.1. The van der Waals surface area contributed by atoms with Crippen molar-refractivity contribution in [1.29, 1.82) is 5.26 Å². The van der Waals surface area contributed by atoms with Crippen molar-refractivity contribution >= 4 is 27.4 Å². The molecule has 1 heterocycles. The van der Waals surface area contributed by atoms with Gasteiger partial charge >= 0.3 is 0 Å². The van der Waals surface area contributed by atoms with E-state index in [0.29, 0.717) is 22.3 Å². The van der Waals surface area contributed by atoms with Crippen LogP contribution in [-0.2, 0) is 11.2 Å². The van der Waals surface area contributed by atoms with E-state index in [2.05, 4.69) is 21.2 Å². The van der Waals surface area contributed by atoms with Gasteiger partial charge in [0.2, 0.25) is 0 Å². The van der Waals surface area contributed by atoms with E-state index in [1.807, 2.05) is 6.07 Å². The lowest BCUT2D eigenvalue weighted by atomic mass is 10.0. The Balaban J connectivity index is 2.17. The van der Waals surface area contributed by atoms with Crippen molar-refractivity contribution in [1.82, 2.24) is 4.90 Å². The van der Waals surface area contributed by atoms with E-state index < -0.39 is 19.1 Å². The maximum absolute atomic E-state index is 12.4. The number of halogens is 3. The van der Waals surface area contributed by atoms with Crippen LogP contribution in [0, 0.1) is 11.3 Å². The number of nitrogens with zero attached hydrogens (tertiary/aromatic N) is 2. The molecular weight excluding hydrogens is 384 g/mol. The first-order chi connectivity index (χ1) is 11.3. The van der Waals surface area contributed by atoms with E-state index in [1.165, 1.54) is 6.20 Å². The Hall–Kier alpha value is -2.14. The van der Waals surface area contributed by atoms with E-state index in [9.17, 15) is 13.6 Å². The van der Waals surface area contributed by atoms with E-state index in [1.54, 1.807) is 31.1 Å². The molecule has 1 aliphatic rings. The molecule has 0 amide bonds. The van der Waals surface area contributed by atoms with Gasteiger partial charge in [-0.2, -0.15) is 5.26 Å². The van der Waals surface area contributed by atoms with Crippen LogP contribution in [0.3, 0.4) is 0 Å². The smallest absolute Gasteiger partial charge is 0.272 e. The number of carbonyl (C=O) groups excluding carboxylic acids is 1. The molecule has 1 unspecified atom stereocenters. The van der Waals surface area contributed by atoms with Crippen LogP contribution in [-0.4, -0.2) is 43.9 Å². The van der Waals surface area contributed by atoms with Gasteiger partial charge in [0.15, 0.2) is 5.78 Å². The van der Waals surface area contributed by atoms with Gasteiger partial charge in [0, 0.05) is 32.4 Å². The Labute approximate surface area is 147 Å². The monoisotopic (exact) mass is 399 g/mol. The van der Waals surface area contributed by atoms with Crippen molar-refractivity contribution in [2.45, 2.75) is 18.9 Å². The SMILES string of the molecule is CN(C)/C=C(\C#N)C(=O)C1Cc2cc(OCC(F)F)c(Br)cc2N1. The molecule has 2 rings (SSSR count). The average Bonchev–Trinajstić information content (AvgIpc) is 2.91. The number of nitriles is 1. The van der Waals surface area contributed by atoms with Gasteiger partial charge in [-0.15, -0.1) is 0 Å². The Morgan fingerprint density at radius 1 is 1.58 bits per heavy atom. The summed E-state index contributed by atoms with van der Waals surface area (Å²) >= 11 is 3.27. The maximum atomic E-state index is 12.4. The molecule has 8 heteroatoms. The van der Waals surface area contributed by atoms with Crippen LogP contribution in [0.15, 0.2) is 28.4 Å². The molecule has 0 saturated heterocycles. The number of fused-ring (bicyclic) bond motifs is 1. The number of ether oxygens (including phenoxy) is 1. The van der Waals surface area contributed by atoms with Gasteiger partial charge in [-0.05, 0) is 33.6 Å². The first kappa shape index (κ1) is 18.2. The van der Waals surface area contributed by atoms with Gasteiger partial charge in [-0.3, -0.25) is 4.79 Å². The Morgan fingerprint density at radius 3 is 2.88 bits per heavy atom. The van der Waals surface area contributed by atoms with Gasteiger partial charge in [0.05, 0.1) is 10.5 Å². The van der Waals surface area contributed by atoms with Gasteiger partial charge in [-0.1, -0.05) is 0 Å². The van der Waals surface area contributed by atoms with Crippen molar-refractivity contribution in [2.75, 3.05) is 26.0 Å². The number of ketones is 1. The number of nitrogens with one attached hydrogen (secondary N) is 1. The molecule has 5 nitrogen and oxygen atoms in total. The lowest BCUT2D eigenvalue weighted by Gasteiger charge is -2.11. The summed E-state index contributed by atoms with van der Waals surface area (Å²) in [6.07, 6.45) is -0.731. The quantitative estimate of drug-likeness (QED) is 0.588. The zero-order valence-corrected chi connectivity index (χ0v) is 14.7. The first-order valence-electron chi connectivity index (χ1n) is 7.14. The molecular formula is C16H16BrF2N3O2. The predicted molar refractivity (Wildman–Crippen MR) is 89.1 cm³/mol. The third-order valence-corrected chi connectivity index (χ3v) is 3.99. The van der Waals surface area contributed by atoms with Crippen LogP contribution >= 0.6 is 15.9 Å². The second-order valence-corrected chi connectivity index (χ2v) is 6.38. The molecule has 0 radical (unpaired) electrons. The van der Waals surface area contributed by atoms with Crippen LogP contribution in [0.1, 0.15) is 5.56 Å². The minimum atomic E-state index is -2.56. The van der Waals surface area contributed by atoms with Crippen LogP contribution in [0.4, 0.5) is 14.5 Å².